The largest absolute Gasteiger partial charge is 0.368 e. The van der Waals surface area contributed by atoms with Gasteiger partial charge in [0.05, 0.1) is 5.56 Å². The molecule has 3 nitrogen and oxygen atoms in total. The van der Waals surface area contributed by atoms with Crippen LogP contribution >= 0.6 is 0 Å². The smallest absolute Gasteiger partial charge is 0.143 e. The van der Waals surface area contributed by atoms with Crippen LogP contribution < -0.4 is 5.32 Å². The van der Waals surface area contributed by atoms with Crippen molar-refractivity contribution in [1.82, 2.24) is 4.98 Å². The topological polar surface area (TPSA) is 48.7 Å². The molecule has 1 aromatic heterocycles. The molecule has 0 aliphatic heterocycles. The molecule has 0 bridgehead atoms. The first-order valence-electron chi connectivity index (χ1n) is 6.68. The van der Waals surface area contributed by atoms with Gasteiger partial charge in [-0.1, -0.05) is 40.0 Å². The number of nitriles is 1. The summed E-state index contributed by atoms with van der Waals surface area (Å²) in [5.74, 6) is 0.698. The van der Waals surface area contributed by atoms with E-state index in [2.05, 4.69) is 37.1 Å². The van der Waals surface area contributed by atoms with Crippen LogP contribution in [-0.4, -0.2) is 11.5 Å². The molecule has 0 atom stereocenters. The Morgan fingerprint density at radius 1 is 1.39 bits per heavy atom. The highest BCUT2D eigenvalue weighted by atomic mass is 15.0. The van der Waals surface area contributed by atoms with Gasteiger partial charge in [0, 0.05) is 12.7 Å². The Morgan fingerprint density at radius 2 is 2.17 bits per heavy atom. The highest BCUT2D eigenvalue weighted by molar-refractivity contribution is 5.51. The van der Waals surface area contributed by atoms with Crippen LogP contribution in [0.4, 0.5) is 5.82 Å². The number of hydrogen-bond acceptors (Lipinski definition) is 3. The lowest BCUT2D eigenvalue weighted by Crippen LogP contribution is -2.23. The molecule has 98 valence electrons. The molecule has 0 fully saturated rings. The van der Waals surface area contributed by atoms with Crippen molar-refractivity contribution in [1.29, 1.82) is 5.26 Å². The van der Waals surface area contributed by atoms with Crippen molar-refractivity contribution in [3.05, 3.63) is 23.9 Å². The van der Waals surface area contributed by atoms with E-state index in [4.69, 9.17) is 5.26 Å². The van der Waals surface area contributed by atoms with Gasteiger partial charge in [-0.3, -0.25) is 0 Å². The molecule has 0 aliphatic carbocycles. The van der Waals surface area contributed by atoms with Gasteiger partial charge in [0.15, 0.2) is 0 Å². The van der Waals surface area contributed by atoms with Gasteiger partial charge in [0.2, 0.25) is 0 Å². The average molecular weight is 245 g/mol. The van der Waals surface area contributed by atoms with E-state index in [9.17, 15) is 0 Å². The Kier molecular flexibility index (Phi) is 5.64. The summed E-state index contributed by atoms with van der Waals surface area (Å²) in [5.41, 5.74) is 0.848. The van der Waals surface area contributed by atoms with Crippen molar-refractivity contribution in [3.8, 4) is 6.07 Å². The summed E-state index contributed by atoms with van der Waals surface area (Å²) in [4.78, 5) is 4.22. The minimum absolute atomic E-state index is 0.236. The SMILES string of the molecule is CCCCCC(C)(C)CNc1ncccc1C#N. The molecule has 0 aromatic carbocycles. The highest BCUT2D eigenvalue weighted by Crippen LogP contribution is 2.24. The molecule has 0 amide bonds. The first-order valence-corrected chi connectivity index (χ1v) is 6.68. The maximum absolute atomic E-state index is 8.99. The number of anilines is 1. The zero-order valence-corrected chi connectivity index (χ0v) is 11.7. The van der Waals surface area contributed by atoms with E-state index in [1.54, 1.807) is 18.3 Å². The van der Waals surface area contributed by atoms with Crippen LogP contribution in [0.3, 0.4) is 0 Å². The van der Waals surface area contributed by atoms with E-state index in [-0.39, 0.29) is 5.41 Å². The van der Waals surface area contributed by atoms with Crippen LogP contribution in [-0.2, 0) is 0 Å². The molecule has 0 spiro atoms. The van der Waals surface area contributed by atoms with E-state index in [0.717, 1.165) is 6.54 Å². The first kappa shape index (κ1) is 14.5. The zero-order valence-electron chi connectivity index (χ0n) is 11.7. The summed E-state index contributed by atoms with van der Waals surface area (Å²) in [6, 6.07) is 5.74. The van der Waals surface area contributed by atoms with Crippen LogP contribution in [0.15, 0.2) is 18.3 Å². The van der Waals surface area contributed by atoms with Crippen molar-refractivity contribution < 1.29 is 0 Å². The minimum atomic E-state index is 0.236. The lowest BCUT2D eigenvalue weighted by molar-refractivity contribution is 0.342. The lowest BCUT2D eigenvalue weighted by atomic mass is 9.87. The quantitative estimate of drug-likeness (QED) is 0.739. The van der Waals surface area contributed by atoms with Crippen LogP contribution in [0.1, 0.15) is 52.0 Å². The number of aromatic nitrogens is 1. The standard InChI is InChI=1S/C15H23N3/c1-4-5-6-9-15(2,3)12-18-14-13(11-16)8-7-10-17-14/h7-8,10H,4-6,9,12H2,1-3H3,(H,17,18). The van der Waals surface area contributed by atoms with Gasteiger partial charge in [0.25, 0.3) is 0 Å². The maximum atomic E-state index is 8.99. The molecule has 0 saturated heterocycles. The van der Waals surface area contributed by atoms with E-state index in [1.807, 2.05) is 0 Å². The summed E-state index contributed by atoms with van der Waals surface area (Å²) >= 11 is 0. The predicted molar refractivity (Wildman–Crippen MR) is 75.4 cm³/mol. The van der Waals surface area contributed by atoms with Gasteiger partial charge in [-0.05, 0) is 24.0 Å². The number of nitrogens with one attached hydrogen (secondary N) is 1. The van der Waals surface area contributed by atoms with Crippen molar-refractivity contribution in [2.45, 2.75) is 46.5 Å². The van der Waals surface area contributed by atoms with E-state index < -0.39 is 0 Å². The molecule has 0 unspecified atom stereocenters. The summed E-state index contributed by atoms with van der Waals surface area (Å²) in [5, 5.41) is 12.3. The molecule has 1 aromatic rings. The first-order chi connectivity index (χ1) is 8.59. The van der Waals surface area contributed by atoms with Crippen molar-refractivity contribution in [2.24, 2.45) is 5.41 Å². The molecule has 0 radical (unpaired) electrons. The molecule has 0 aliphatic rings. The summed E-state index contributed by atoms with van der Waals surface area (Å²) in [6.07, 6.45) is 6.72. The fourth-order valence-electron chi connectivity index (χ4n) is 1.90. The minimum Gasteiger partial charge on any atom is -0.368 e. The van der Waals surface area contributed by atoms with Crippen LogP contribution in [0, 0.1) is 16.7 Å². The zero-order chi connectivity index (χ0) is 13.4. The van der Waals surface area contributed by atoms with Gasteiger partial charge >= 0.3 is 0 Å². The number of pyridine rings is 1. The third kappa shape index (κ3) is 4.75. The second-order valence-electron chi connectivity index (χ2n) is 5.49. The Balaban J connectivity index is 2.51. The third-order valence-electron chi connectivity index (χ3n) is 3.12. The average Bonchev–Trinajstić information content (AvgIpc) is 2.37. The van der Waals surface area contributed by atoms with Gasteiger partial charge in [-0.15, -0.1) is 0 Å². The molecule has 1 rings (SSSR count). The van der Waals surface area contributed by atoms with E-state index in [0.29, 0.717) is 11.4 Å². The second-order valence-corrected chi connectivity index (χ2v) is 5.49. The van der Waals surface area contributed by atoms with Crippen LogP contribution in [0.25, 0.3) is 0 Å². The van der Waals surface area contributed by atoms with Gasteiger partial charge in [0.1, 0.15) is 11.9 Å². The summed E-state index contributed by atoms with van der Waals surface area (Å²) in [7, 11) is 0. The second kappa shape index (κ2) is 7.00. The predicted octanol–water partition coefficient (Wildman–Crippen LogP) is 3.97. The molecule has 3 heteroatoms. The molecule has 0 saturated carbocycles. The van der Waals surface area contributed by atoms with Crippen molar-refractivity contribution in [2.75, 3.05) is 11.9 Å². The summed E-state index contributed by atoms with van der Waals surface area (Å²) < 4.78 is 0. The molecular formula is C15H23N3. The van der Waals surface area contributed by atoms with Gasteiger partial charge in [-0.25, -0.2) is 4.98 Å². The van der Waals surface area contributed by atoms with Crippen LogP contribution in [0.2, 0.25) is 0 Å². The Morgan fingerprint density at radius 3 is 2.83 bits per heavy atom. The van der Waals surface area contributed by atoms with E-state index >= 15 is 0 Å². The van der Waals surface area contributed by atoms with Crippen LogP contribution in [0.5, 0.6) is 0 Å². The number of hydrogen-bond donors (Lipinski definition) is 1. The lowest BCUT2D eigenvalue weighted by Gasteiger charge is -2.25. The normalized spacial score (nSPS) is 11.0. The van der Waals surface area contributed by atoms with Gasteiger partial charge < -0.3 is 5.32 Å². The fourth-order valence-corrected chi connectivity index (χ4v) is 1.90. The van der Waals surface area contributed by atoms with Gasteiger partial charge in [-0.2, -0.15) is 5.26 Å². The molecule has 1 N–H and O–H groups in total. The molecule has 18 heavy (non-hydrogen) atoms. The highest BCUT2D eigenvalue weighted by Gasteiger charge is 2.17. The Hall–Kier alpha value is -1.56. The maximum Gasteiger partial charge on any atom is 0.143 e. The molecular weight excluding hydrogens is 222 g/mol. The third-order valence-corrected chi connectivity index (χ3v) is 3.12. The van der Waals surface area contributed by atoms with Crippen molar-refractivity contribution in [3.63, 3.8) is 0 Å². The number of nitrogens with zero attached hydrogens (tertiary/aromatic N) is 2. The fraction of sp³-hybridized carbons (Fsp3) is 0.600. The number of unbranched alkanes of at least 4 members (excludes halogenated alkanes) is 2. The number of rotatable bonds is 7. The molecule has 1 heterocycles. The Bertz CT molecular complexity index is 404. The monoisotopic (exact) mass is 245 g/mol. The van der Waals surface area contributed by atoms with Crippen molar-refractivity contribution >= 4 is 5.82 Å². The van der Waals surface area contributed by atoms with E-state index in [1.165, 1.54) is 25.7 Å². The summed E-state index contributed by atoms with van der Waals surface area (Å²) in [6.45, 7) is 7.58. The Labute approximate surface area is 110 Å².